The number of ether oxygens (including phenoxy) is 1. The molecule has 4 rings (SSSR count). The van der Waals surface area contributed by atoms with Gasteiger partial charge in [-0.05, 0) is 61.2 Å². The smallest absolute Gasteiger partial charge is 0.338 e. The molecule has 0 aliphatic carbocycles. The molecule has 3 aromatic carbocycles. The first-order valence-electron chi connectivity index (χ1n) is 10.7. The molecule has 0 spiro atoms. The van der Waals surface area contributed by atoms with Crippen LogP contribution in [0.5, 0.6) is 0 Å². The van der Waals surface area contributed by atoms with Gasteiger partial charge in [-0.2, -0.15) is 0 Å². The van der Waals surface area contributed by atoms with Crippen LogP contribution in [0.3, 0.4) is 0 Å². The van der Waals surface area contributed by atoms with Gasteiger partial charge >= 0.3 is 5.97 Å². The summed E-state index contributed by atoms with van der Waals surface area (Å²) in [5.41, 5.74) is 1.87. The lowest BCUT2D eigenvalue weighted by Crippen LogP contribution is -2.32. The minimum absolute atomic E-state index is 0.0621. The first-order valence-corrected chi connectivity index (χ1v) is 12.9. The summed E-state index contributed by atoms with van der Waals surface area (Å²) in [5.74, 6) is -0.138. The van der Waals surface area contributed by atoms with E-state index in [0.717, 1.165) is 26.4 Å². The van der Waals surface area contributed by atoms with Crippen molar-refractivity contribution >= 4 is 48.5 Å². The number of rotatable bonds is 7. The summed E-state index contributed by atoms with van der Waals surface area (Å²) >= 11 is 3.42. The molecule has 6 nitrogen and oxygen atoms in total. The SMILES string of the molecule is CCOC(=O)c1ccc(S(=O)(=O)N(Cc2ccc(Br)cc2)c2ncc3ccccc3c2C)cc1. The maximum Gasteiger partial charge on any atom is 0.338 e. The van der Waals surface area contributed by atoms with Crippen molar-refractivity contribution in [2.45, 2.75) is 25.3 Å². The predicted molar refractivity (Wildman–Crippen MR) is 136 cm³/mol. The molecule has 0 N–H and O–H groups in total. The van der Waals surface area contributed by atoms with E-state index < -0.39 is 16.0 Å². The molecule has 0 atom stereocenters. The number of carbonyl (C=O) groups is 1. The number of pyridine rings is 1. The van der Waals surface area contributed by atoms with Crippen molar-refractivity contribution in [1.29, 1.82) is 0 Å². The number of nitrogens with zero attached hydrogens (tertiary/aromatic N) is 2. The quantitative estimate of drug-likeness (QED) is 0.274. The molecule has 0 amide bonds. The molecular weight excluding hydrogens is 516 g/mol. The van der Waals surface area contributed by atoms with E-state index in [-0.39, 0.29) is 18.0 Å². The Morgan fingerprint density at radius 2 is 1.68 bits per heavy atom. The first kappa shape index (κ1) is 23.9. The first-order chi connectivity index (χ1) is 16.3. The Morgan fingerprint density at radius 1 is 1.00 bits per heavy atom. The molecule has 0 radical (unpaired) electrons. The molecule has 0 bridgehead atoms. The topological polar surface area (TPSA) is 76.6 Å². The summed E-state index contributed by atoms with van der Waals surface area (Å²) in [6.45, 7) is 3.93. The van der Waals surface area contributed by atoms with E-state index in [0.29, 0.717) is 11.4 Å². The molecular formula is C26H23BrN2O4S. The third-order valence-corrected chi connectivity index (χ3v) is 7.73. The minimum Gasteiger partial charge on any atom is -0.462 e. The van der Waals surface area contributed by atoms with Gasteiger partial charge < -0.3 is 4.74 Å². The van der Waals surface area contributed by atoms with Gasteiger partial charge in [-0.1, -0.05) is 52.3 Å². The Bertz CT molecular complexity index is 1440. The van der Waals surface area contributed by atoms with Crippen LogP contribution >= 0.6 is 15.9 Å². The summed E-state index contributed by atoms with van der Waals surface area (Å²) in [6, 6.07) is 21.0. The van der Waals surface area contributed by atoms with Gasteiger partial charge in [0.15, 0.2) is 0 Å². The number of sulfonamides is 1. The Labute approximate surface area is 207 Å². The number of benzene rings is 3. The third-order valence-electron chi connectivity index (χ3n) is 5.46. The average molecular weight is 539 g/mol. The third kappa shape index (κ3) is 4.83. The highest BCUT2D eigenvalue weighted by Crippen LogP contribution is 2.31. The highest BCUT2D eigenvalue weighted by atomic mass is 79.9. The fourth-order valence-corrected chi connectivity index (χ4v) is 5.41. The van der Waals surface area contributed by atoms with Gasteiger partial charge in [0, 0.05) is 21.6 Å². The van der Waals surface area contributed by atoms with Gasteiger partial charge in [0.05, 0.1) is 23.6 Å². The molecule has 1 aromatic heterocycles. The average Bonchev–Trinajstić information content (AvgIpc) is 2.84. The number of aromatic nitrogens is 1. The zero-order valence-electron chi connectivity index (χ0n) is 18.7. The molecule has 4 aromatic rings. The number of fused-ring (bicyclic) bond motifs is 1. The number of halogens is 1. The van der Waals surface area contributed by atoms with E-state index in [1.54, 1.807) is 13.1 Å². The van der Waals surface area contributed by atoms with Crippen LogP contribution < -0.4 is 4.31 Å². The summed E-state index contributed by atoms with van der Waals surface area (Å²) in [4.78, 5) is 16.6. The Morgan fingerprint density at radius 3 is 2.35 bits per heavy atom. The van der Waals surface area contributed by atoms with Gasteiger partial charge in [0.2, 0.25) is 0 Å². The van der Waals surface area contributed by atoms with Crippen molar-refractivity contribution in [2.75, 3.05) is 10.9 Å². The van der Waals surface area contributed by atoms with Crippen LogP contribution in [0.25, 0.3) is 10.8 Å². The van der Waals surface area contributed by atoms with E-state index in [1.165, 1.54) is 28.6 Å². The van der Waals surface area contributed by atoms with E-state index in [4.69, 9.17) is 4.74 Å². The van der Waals surface area contributed by atoms with Gasteiger partial charge in [-0.15, -0.1) is 0 Å². The van der Waals surface area contributed by atoms with Crippen molar-refractivity contribution in [1.82, 2.24) is 4.98 Å². The van der Waals surface area contributed by atoms with Crippen molar-refractivity contribution < 1.29 is 17.9 Å². The van der Waals surface area contributed by atoms with Crippen molar-refractivity contribution in [3.8, 4) is 0 Å². The van der Waals surface area contributed by atoms with Crippen LogP contribution in [-0.2, 0) is 21.3 Å². The van der Waals surface area contributed by atoms with Gasteiger partial charge in [0.1, 0.15) is 5.82 Å². The number of hydrogen-bond acceptors (Lipinski definition) is 5. The maximum absolute atomic E-state index is 13.9. The van der Waals surface area contributed by atoms with Crippen LogP contribution in [0, 0.1) is 6.92 Å². The molecule has 0 saturated heterocycles. The molecule has 0 fully saturated rings. The predicted octanol–water partition coefficient (Wildman–Crippen LogP) is 5.88. The maximum atomic E-state index is 13.9. The number of aryl methyl sites for hydroxylation is 1. The van der Waals surface area contributed by atoms with Crippen LogP contribution in [0.1, 0.15) is 28.4 Å². The normalized spacial score (nSPS) is 11.4. The Hall–Kier alpha value is -3.23. The largest absolute Gasteiger partial charge is 0.462 e. The second kappa shape index (κ2) is 9.95. The van der Waals surface area contributed by atoms with Crippen molar-refractivity contribution in [3.63, 3.8) is 0 Å². The molecule has 0 saturated carbocycles. The van der Waals surface area contributed by atoms with Crippen molar-refractivity contribution in [2.24, 2.45) is 0 Å². The number of hydrogen-bond donors (Lipinski definition) is 0. The summed E-state index contributed by atoms with van der Waals surface area (Å²) in [5, 5.41) is 1.87. The molecule has 0 aliphatic rings. The lowest BCUT2D eigenvalue weighted by Gasteiger charge is -2.26. The van der Waals surface area contributed by atoms with Crippen LogP contribution in [0.2, 0.25) is 0 Å². The Balaban J connectivity index is 1.81. The van der Waals surface area contributed by atoms with Crippen LogP contribution in [0.4, 0.5) is 5.82 Å². The second-order valence-corrected chi connectivity index (χ2v) is 10.5. The van der Waals surface area contributed by atoms with E-state index in [1.807, 2.05) is 55.5 Å². The van der Waals surface area contributed by atoms with Gasteiger partial charge in [-0.3, -0.25) is 0 Å². The summed E-state index contributed by atoms with van der Waals surface area (Å²) in [7, 11) is -4.00. The fourth-order valence-electron chi connectivity index (χ4n) is 3.68. The standard InChI is InChI=1S/C26H23BrN2O4S/c1-3-33-26(30)20-10-14-23(15-11-20)34(31,32)29(17-19-8-12-22(27)13-9-19)25-18(2)24-7-5-4-6-21(24)16-28-25/h4-16H,3,17H2,1-2H3. The molecule has 0 unspecified atom stereocenters. The van der Waals surface area contributed by atoms with E-state index in [9.17, 15) is 13.2 Å². The number of carbonyl (C=O) groups excluding carboxylic acids is 1. The van der Waals surface area contributed by atoms with Gasteiger partial charge in [0.25, 0.3) is 10.0 Å². The lowest BCUT2D eigenvalue weighted by molar-refractivity contribution is 0.0526. The number of anilines is 1. The zero-order valence-corrected chi connectivity index (χ0v) is 21.1. The van der Waals surface area contributed by atoms with Crippen LogP contribution in [0.15, 0.2) is 88.4 Å². The van der Waals surface area contributed by atoms with Crippen molar-refractivity contribution in [3.05, 3.63) is 100 Å². The van der Waals surface area contributed by atoms with Gasteiger partial charge in [-0.25, -0.2) is 22.5 Å². The summed E-state index contributed by atoms with van der Waals surface area (Å²) in [6.07, 6.45) is 1.69. The van der Waals surface area contributed by atoms with E-state index >= 15 is 0 Å². The summed E-state index contributed by atoms with van der Waals surface area (Å²) < 4.78 is 34.9. The highest BCUT2D eigenvalue weighted by Gasteiger charge is 2.28. The second-order valence-electron chi connectivity index (χ2n) is 7.68. The monoisotopic (exact) mass is 538 g/mol. The number of esters is 1. The molecule has 174 valence electrons. The lowest BCUT2D eigenvalue weighted by atomic mass is 10.1. The zero-order chi connectivity index (χ0) is 24.3. The minimum atomic E-state index is -4.00. The highest BCUT2D eigenvalue weighted by molar-refractivity contribution is 9.10. The molecule has 34 heavy (non-hydrogen) atoms. The molecule has 1 heterocycles. The molecule has 0 aliphatic heterocycles. The van der Waals surface area contributed by atoms with Crippen LogP contribution in [-0.4, -0.2) is 26.0 Å². The Kier molecular flexibility index (Phi) is 7.00. The fraction of sp³-hybridized carbons (Fsp3) is 0.154. The molecule has 8 heteroatoms. The van der Waals surface area contributed by atoms with E-state index in [2.05, 4.69) is 20.9 Å².